The lowest BCUT2D eigenvalue weighted by molar-refractivity contribution is -0.140. The fourth-order valence-corrected chi connectivity index (χ4v) is 17.9. The lowest BCUT2D eigenvalue weighted by Crippen LogP contribution is -2.55. The molecule has 0 spiro atoms. The number of amides is 5. The van der Waals surface area contributed by atoms with Gasteiger partial charge in [0, 0.05) is 65.9 Å². The van der Waals surface area contributed by atoms with Crippen molar-refractivity contribution in [1.29, 1.82) is 0 Å². The summed E-state index contributed by atoms with van der Waals surface area (Å²) in [4.78, 5) is 97.2. The van der Waals surface area contributed by atoms with Crippen LogP contribution in [-0.2, 0) is 59.3 Å². The molecule has 4 fully saturated rings. The summed E-state index contributed by atoms with van der Waals surface area (Å²) in [6.07, 6.45) is 9.51. The predicted molar refractivity (Wildman–Crippen MR) is 426 cm³/mol. The van der Waals surface area contributed by atoms with E-state index in [0.717, 1.165) is 162 Å². The van der Waals surface area contributed by atoms with Crippen LogP contribution in [0.3, 0.4) is 0 Å². The number of carbonyl (C=O) groups excluding carboxylic acids is 5. The molecule has 23 nitrogen and oxygen atoms in total. The van der Waals surface area contributed by atoms with Gasteiger partial charge >= 0.3 is 31.5 Å². The van der Waals surface area contributed by atoms with Crippen molar-refractivity contribution in [1.82, 2.24) is 45.3 Å². The van der Waals surface area contributed by atoms with Crippen molar-refractivity contribution in [2.45, 2.75) is 214 Å². The molecular weight excluding hydrogens is 1470 g/mol. The van der Waals surface area contributed by atoms with Crippen molar-refractivity contribution in [3.05, 3.63) is 131 Å². The SMILES string of the molecule is C.COC(=O)N[C@H](C(=O)N1C[C@@H](COC(F)F)C[C@H]1c1ncc(-c2ccc3c(c2)COc2cc4c5c(ccc4cc2-3)N=C([C@@H]2CC[C@H](C)N2C(=O)[C@@H](NC(=O)OC)C(C)C)C5)[nH]1)C(C)C.C[C@H]1CC[C@@H](C2=Nc3ccc4cc5c(cc4c3C2)OCc2cc(-c3cnc([C@H]4CC[C@@H](COC(F)F)C4)[nH]3)ccc2-5)N1C(=O)OC(C)(C)C. The number of alkyl carbamates (subject to hydrolysis) is 2. The molecule has 9 heterocycles. The van der Waals surface area contributed by atoms with Crippen LogP contribution in [-0.4, -0.2) is 165 Å². The number of carbonyl (C=O) groups is 5. The third kappa shape index (κ3) is 16.2. The molecule has 16 rings (SSSR count). The van der Waals surface area contributed by atoms with E-state index in [1.807, 2.05) is 69.7 Å². The van der Waals surface area contributed by atoms with Crippen molar-refractivity contribution in [3.8, 4) is 56.3 Å². The summed E-state index contributed by atoms with van der Waals surface area (Å²) in [6, 6.07) is 27.1. The van der Waals surface area contributed by atoms with Gasteiger partial charge in [-0.05, 0) is 218 Å². The molecule has 8 aliphatic rings. The Morgan fingerprint density at radius 3 is 1.57 bits per heavy atom. The summed E-state index contributed by atoms with van der Waals surface area (Å²) < 4.78 is 88.5. The van der Waals surface area contributed by atoms with E-state index < -0.39 is 49.1 Å². The summed E-state index contributed by atoms with van der Waals surface area (Å²) >= 11 is 0. The van der Waals surface area contributed by atoms with Crippen LogP contribution in [0.15, 0.2) is 107 Å². The van der Waals surface area contributed by atoms with E-state index >= 15 is 0 Å². The van der Waals surface area contributed by atoms with E-state index in [4.69, 9.17) is 33.7 Å². The van der Waals surface area contributed by atoms with E-state index in [9.17, 15) is 41.5 Å². The smallest absolute Gasteiger partial charge is 0.411 e. The van der Waals surface area contributed by atoms with Crippen LogP contribution in [0.25, 0.3) is 66.3 Å². The molecule has 10 atom stereocenters. The number of hydrogen-bond donors (Lipinski definition) is 4. The molecule has 27 heteroatoms. The number of ether oxygens (including phenoxy) is 7. The number of fused-ring (bicyclic) bond motifs is 12. The first-order chi connectivity index (χ1) is 54.1. The number of likely N-dealkylation sites (tertiary alicyclic amines) is 3. The number of aromatic nitrogens is 4. The Kier molecular flexibility index (Phi) is 23.1. The minimum absolute atomic E-state index is 0. The average Bonchev–Trinajstić information content (AvgIpc) is 1.44. The van der Waals surface area contributed by atoms with E-state index in [0.29, 0.717) is 44.0 Å². The molecule has 6 aromatic carbocycles. The highest BCUT2D eigenvalue weighted by atomic mass is 19.3. The fraction of sp³-hybridized carbons (Fsp3) is 0.483. The van der Waals surface area contributed by atoms with Gasteiger partial charge in [-0.2, -0.15) is 17.6 Å². The Morgan fingerprint density at radius 1 is 0.570 bits per heavy atom. The van der Waals surface area contributed by atoms with Crippen LogP contribution < -0.4 is 20.1 Å². The van der Waals surface area contributed by atoms with Gasteiger partial charge in [-0.1, -0.05) is 71.5 Å². The summed E-state index contributed by atoms with van der Waals surface area (Å²) in [5.74, 6) is 2.06. The molecule has 4 N–H and O–H groups in total. The van der Waals surface area contributed by atoms with Gasteiger partial charge < -0.3 is 63.6 Å². The van der Waals surface area contributed by atoms with Crippen LogP contribution in [0.5, 0.6) is 11.5 Å². The lowest BCUT2D eigenvalue weighted by atomic mass is 9.90. The van der Waals surface area contributed by atoms with E-state index in [1.54, 1.807) is 24.9 Å². The van der Waals surface area contributed by atoms with Gasteiger partial charge in [0.1, 0.15) is 54.0 Å². The molecule has 114 heavy (non-hydrogen) atoms. The summed E-state index contributed by atoms with van der Waals surface area (Å²) in [5, 5.41) is 9.70. The van der Waals surface area contributed by atoms with Crippen LogP contribution in [0.1, 0.15) is 167 Å². The van der Waals surface area contributed by atoms with Gasteiger partial charge in [0.15, 0.2) is 0 Å². The third-order valence-electron chi connectivity index (χ3n) is 23.6. The normalized spacial score (nSPS) is 21.7. The van der Waals surface area contributed by atoms with Crippen molar-refractivity contribution in [3.63, 3.8) is 0 Å². The van der Waals surface area contributed by atoms with E-state index in [-0.39, 0.29) is 98.8 Å². The highest BCUT2D eigenvalue weighted by molar-refractivity contribution is 6.08. The van der Waals surface area contributed by atoms with Gasteiger partial charge in [-0.15, -0.1) is 0 Å². The number of nitrogens with zero attached hydrogens (tertiary/aromatic N) is 7. The maximum atomic E-state index is 14.0. The van der Waals surface area contributed by atoms with Gasteiger partial charge in [0.2, 0.25) is 11.8 Å². The molecule has 2 aromatic heterocycles. The number of halogens is 4. The van der Waals surface area contributed by atoms with Crippen LogP contribution in [0, 0.1) is 23.7 Å². The van der Waals surface area contributed by atoms with E-state index in [1.165, 1.54) is 19.8 Å². The lowest BCUT2D eigenvalue weighted by Gasteiger charge is -2.33. The van der Waals surface area contributed by atoms with Gasteiger partial charge in [-0.25, -0.2) is 24.4 Å². The highest BCUT2D eigenvalue weighted by Crippen LogP contribution is 2.49. The molecule has 8 aromatic rings. The second kappa shape index (κ2) is 32.8. The Hall–Kier alpha value is -10.4. The topological polar surface area (TPSA) is 266 Å². The number of hydrogen-bond acceptors (Lipinski definition) is 16. The number of methoxy groups -OCH3 is 2. The third-order valence-corrected chi connectivity index (χ3v) is 23.6. The second-order valence-electron chi connectivity index (χ2n) is 32.9. The van der Waals surface area contributed by atoms with Gasteiger partial charge in [0.25, 0.3) is 0 Å². The summed E-state index contributed by atoms with van der Waals surface area (Å²) in [5.41, 5.74) is 15.3. The monoisotopic (exact) mass is 1570 g/mol. The summed E-state index contributed by atoms with van der Waals surface area (Å²) in [6.45, 7) is 12.4. The van der Waals surface area contributed by atoms with Gasteiger partial charge in [0.05, 0.1) is 80.7 Å². The minimum Gasteiger partial charge on any atom is -0.488 e. The number of nitrogens with one attached hydrogen (secondary N) is 4. The molecule has 3 saturated heterocycles. The number of aromatic amines is 2. The van der Waals surface area contributed by atoms with Crippen molar-refractivity contribution >= 4 is 74.4 Å². The molecule has 1 saturated carbocycles. The zero-order valence-corrected chi connectivity index (χ0v) is 65.5. The Morgan fingerprint density at radius 2 is 1.06 bits per heavy atom. The maximum absolute atomic E-state index is 14.0. The largest absolute Gasteiger partial charge is 0.488 e. The Labute approximate surface area is 660 Å². The van der Waals surface area contributed by atoms with Crippen LogP contribution in [0.2, 0.25) is 0 Å². The molecule has 1 aliphatic carbocycles. The molecule has 604 valence electrons. The molecule has 0 unspecified atom stereocenters. The first-order valence-electron chi connectivity index (χ1n) is 39.2. The zero-order valence-electron chi connectivity index (χ0n) is 65.5. The van der Waals surface area contributed by atoms with Gasteiger partial charge in [-0.3, -0.25) is 24.5 Å². The van der Waals surface area contributed by atoms with Crippen molar-refractivity contribution in [2.75, 3.05) is 34.0 Å². The fourth-order valence-electron chi connectivity index (χ4n) is 17.9. The number of aliphatic imine (C=N–C) groups is 2. The minimum atomic E-state index is -2.94. The average molecular weight is 1570 g/mol. The zero-order chi connectivity index (χ0) is 79.6. The first-order valence-corrected chi connectivity index (χ1v) is 39.2. The molecule has 0 bridgehead atoms. The summed E-state index contributed by atoms with van der Waals surface area (Å²) in [7, 11) is 2.51. The van der Waals surface area contributed by atoms with Crippen LogP contribution in [0.4, 0.5) is 43.3 Å². The first kappa shape index (κ1) is 80.2. The van der Waals surface area contributed by atoms with Crippen molar-refractivity contribution in [2.24, 2.45) is 33.7 Å². The Balaban J connectivity index is 0.000000193. The number of alkyl halides is 4. The van der Waals surface area contributed by atoms with Crippen molar-refractivity contribution < 1.29 is 74.7 Å². The second-order valence-corrected chi connectivity index (χ2v) is 32.9. The predicted octanol–water partition coefficient (Wildman–Crippen LogP) is 17.7. The number of H-pyrrole nitrogens is 2. The highest BCUT2D eigenvalue weighted by Gasteiger charge is 2.46. The number of imidazole rings is 2. The quantitative estimate of drug-likeness (QED) is 0.0460. The number of rotatable bonds is 18. The Bertz CT molecular complexity index is 5070. The number of benzene rings is 6. The molecular formula is C87H101F4N11O12. The standard InChI is InChI=1S/C47H55F2N7O8.C39H42F2N4O4.CH4/c1-23(2)40(53-46(59)61-6)43(57)55-20-26(21-64-45(48)49)14-38(55)42-50-19-36(52-42)28-9-11-30-29(15-28)22-63-39-18-31-27(16-33(30)39)10-12-34-32(31)17-35(51-34)37-13-8-25(5)56(37)44(58)41(24(3)4)54-47(60)62-7;1-21-5-12-34(45(21)38(46)49-39(2,3)4)32-16-29-28-17-35-30(15-23(28)9-11-31(29)43-32)27-10-8-24(14-26(27)20-47-35)33-18-42-36(44-33)25-7-6-22(13-25)19-48-37(40)41;/h9-12,15-16,18-19,23-26,37-38,40-41,45H,8,13-14,17,20-22H2,1-7H3,(H,50,52)(H,53,59)(H,54,60);8-11,14-15,17-18,21-22,25,34,37H,5-7,12-13,16,19-20H2,1-4H3,(H,42,44);1H4/t25-,26-,37-,38-,40-,41-;21-,22+,25-,34-;/m00./s1. The molecule has 5 amide bonds. The maximum Gasteiger partial charge on any atom is 0.411 e. The van der Waals surface area contributed by atoms with E-state index in [2.05, 4.69) is 120 Å². The van der Waals surface area contributed by atoms with Crippen LogP contribution >= 0.6 is 0 Å². The molecule has 0 radical (unpaired) electrons. The molecule has 7 aliphatic heterocycles.